The average molecular weight is 128 g/mol. The van der Waals surface area contributed by atoms with Crippen LogP contribution < -0.4 is 0 Å². The van der Waals surface area contributed by atoms with Gasteiger partial charge in [-0.1, -0.05) is 19.4 Å². The fraction of sp³-hybridized carbons (Fsp3) is 0.750. The summed E-state index contributed by atoms with van der Waals surface area (Å²) in [5.74, 6) is 0. The van der Waals surface area contributed by atoms with Crippen molar-refractivity contribution < 1.29 is 4.74 Å². The highest BCUT2D eigenvalue weighted by molar-refractivity contribution is 4.99. The molecule has 0 spiro atoms. The zero-order valence-corrected chi connectivity index (χ0v) is 6.61. The summed E-state index contributed by atoms with van der Waals surface area (Å²) in [5, 5.41) is 0. The van der Waals surface area contributed by atoms with E-state index in [9.17, 15) is 0 Å². The molecule has 0 radical (unpaired) electrons. The standard InChI is InChI=1S/C8H16O/c1-4-6-8(5-2)7-9-3/h5H,4,6-7H2,1-3H3/b8-5+. The zero-order chi connectivity index (χ0) is 7.11. The maximum Gasteiger partial charge on any atom is 0.0672 e. The van der Waals surface area contributed by atoms with E-state index in [1.54, 1.807) is 7.11 Å². The summed E-state index contributed by atoms with van der Waals surface area (Å²) in [6, 6.07) is 0. The number of methoxy groups -OCH3 is 1. The molecule has 0 aromatic rings. The number of ether oxygens (including phenoxy) is 1. The molecular weight excluding hydrogens is 112 g/mol. The van der Waals surface area contributed by atoms with Crippen LogP contribution >= 0.6 is 0 Å². The number of hydrogen-bond donors (Lipinski definition) is 0. The Balaban J connectivity index is 3.43. The molecule has 0 rings (SSSR count). The van der Waals surface area contributed by atoms with Crippen LogP contribution in [0.3, 0.4) is 0 Å². The Morgan fingerprint density at radius 3 is 2.56 bits per heavy atom. The smallest absolute Gasteiger partial charge is 0.0672 e. The van der Waals surface area contributed by atoms with Crippen molar-refractivity contribution in [3.8, 4) is 0 Å². The lowest BCUT2D eigenvalue weighted by Gasteiger charge is -2.01. The SMILES string of the molecule is C/C=C(\CCC)COC. The van der Waals surface area contributed by atoms with Crippen molar-refractivity contribution in [2.24, 2.45) is 0 Å². The maximum absolute atomic E-state index is 4.98. The molecule has 0 heterocycles. The zero-order valence-electron chi connectivity index (χ0n) is 6.61. The predicted octanol–water partition coefficient (Wildman–Crippen LogP) is 2.38. The van der Waals surface area contributed by atoms with E-state index < -0.39 is 0 Å². The minimum atomic E-state index is 0.796. The number of allylic oxidation sites excluding steroid dienone is 1. The van der Waals surface area contributed by atoms with Crippen LogP contribution in [0.5, 0.6) is 0 Å². The molecule has 54 valence electrons. The van der Waals surface area contributed by atoms with Crippen LogP contribution in [0.2, 0.25) is 0 Å². The fourth-order valence-electron chi connectivity index (χ4n) is 0.806. The van der Waals surface area contributed by atoms with Crippen molar-refractivity contribution in [2.75, 3.05) is 13.7 Å². The summed E-state index contributed by atoms with van der Waals surface area (Å²) in [7, 11) is 1.74. The first-order valence-electron chi connectivity index (χ1n) is 3.48. The van der Waals surface area contributed by atoms with Gasteiger partial charge in [0.1, 0.15) is 0 Å². The van der Waals surface area contributed by atoms with Crippen LogP contribution in [0.4, 0.5) is 0 Å². The number of rotatable bonds is 4. The lowest BCUT2D eigenvalue weighted by Crippen LogP contribution is -1.92. The molecule has 1 nitrogen and oxygen atoms in total. The quantitative estimate of drug-likeness (QED) is 0.528. The second-order valence-electron chi connectivity index (χ2n) is 2.13. The largest absolute Gasteiger partial charge is 0.380 e. The molecule has 0 bridgehead atoms. The topological polar surface area (TPSA) is 9.23 Å². The summed E-state index contributed by atoms with van der Waals surface area (Å²) in [6.07, 6.45) is 4.51. The highest BCUT2D eigenvalue weighted by Gasteiger charge is 1.90. The first kappa shape index (κ1) is 8.70. The third-order valence-electron chi connectivity index (χ3n) is 1.31. The Bertz CT molecular complexity index is 76.6. The van der Waals surface area contributed by atoms with E-state index in [0.29, 0.717) is 0 Å². The Hall–Kier alpha value is -0.300. The van der Waals surface area contributed by atoms with Crippen LogP contribution in [0, 0.1) is 0 Å². The molecule has 0 saturated carbocycles. The second-order valence-corrected chi connectivity index (χ2v) is 2.13. The third-order valence-corrected chi connectivity index (χ3v) is 1.31. The van der Waals surface area contributed by atoms with E-state index in [1.807, 2.05) is 0 Å². The molecule has 0 aliphatic rings. The summed E-state index contributed by atoms with van der Waals surface area (Å²) in [4.78, 5) is 0. The average Bonchev–Trinajstić information content (AvgIpc) is 1.88. The lowest BCUT2D eigenvalue weighted by molar-refractivity contribution is 0.222. The summed E-state index contributed by atoms with van der Waals surface area (Å²) in [5.41, 5.74) is 1.40. The van der Waals surface area contributed by atoms with Gasteiger partial charge in [0.2, 0.25) is 0 Å². The van der Waals surface area contributed by atoms with Gasteiger partial charge in [-0.15, -0.1) is 0 Å². The molecule has 0 aromatic carbocycles. The first-order valence-corrected chi connectivity index (χ1v) is 3.48. The van der Waals surface area contributed by atoms with E-state index in [-0.39, 0.29) is 0 Å². The molecule has 0 amide bonds. The normalized spacial score (nSPS) is 12.1. The van der Waals surface area contributed by atoms with Gasteiger partial charge in [0.05, 0.1) is 6.61 Å². The molecule has 0 saturated heterocycles. The lowest BCUT2D eigenvalue weighted by atomic mass is 10.1. The van der Waals surface area contributed by atoms with E-state index in [1.165, 1.54) is 18.4 Å². The van der Waals surface area contributed by atoms with Gasteiger partial charge >= 0.3 is 0 Å². The number of hydrogen-bond acceptors (Lipinski definition) is 1. The van der Waals surface area contributed by atoms with Gasteiger partial charge in [-0.25, -0.2) is 0 Å². The van der Waals surface area contributed by atoms with Crippen molar-refractivity contribution in [3.63, 3.8) is 0 Å². The third kappa shape index (κ3) is 4.22. The second kappa shape index (κ2) is 5.83. The van der Waals surface area contributed by atoms with Crippen molar-refractivity contribution in [1.82, 2.24) is 0 Å². The van der Waals surface area contributed by atoms with Crippen molar-refractivity contribution in [1.29, 1.82) is 0 Å². The fourth-order valence-corrected chi connectivity index (χ4v) is 0.806. The van der Waals surface area contributed by atoms with Crippen LogP contribution in [0.25, 0.3) is 0 Å². The van der Waals surface area contributed by atoms with Crippen molar-refractivity contribution >= 4 is 0 Å². The van der Waals surface area contributed by atoms with Gasteiger partial charge in [0.15, 0.2) is 0 Å². The summed E-state index contributed by atoms with van der Waals surface area (Å²) >= 11 is 0. The van der Waals surface area contributed by atoms with Gasteiger partial charge < -0.3 is 4.74 Å². The highest BCUT2D eigenvalue weighted by Crippen LogP contribution is 2.03. The minimum Gasteiger partial charge on any atom is -0.380 e. The van der Waals surface area contributed by atoms with Crippen molar-refractivity contribution in [3.05, 3.63) is 11.6 Å². The molecule has 0 fully saturated rings. The Kier molecular flexibility index (Phi) is 5.64. The Labute approximate surface area is 57.7 Å². The minimum absolute atomic E-state index is 0.796. The molecule has 0 atom stereocenters. The van der Waals surface area contributed by atoms with Crippen LogP contribution in [-0.4, -0.2) is 13.7 Å². The predicted molar refractivity (Wildman–Crippen MR) is 40.5 cm³/mol. The molecule has 0 aromatic heterocycles. The van der Waals surface area contributed by atoms with E-state index in [2.05, 4.69) is 19.9 Å². The first-order chi connectivity index (χ1) is 4.35. The molecule has 1 heteroatoms. The molecule has 0 aliphatic carbocycles. The molecular formula is C8H16O. The molecule has 0 N–H and O–H groups in total. The monoisotopic (exact) mass is 128 g/mol. The Morgan fingerprint density at radius 1 is 1.56 bits per heavy atom. The van der Waals surface area contributed by atoms with E-state index >= 15 is 0 Å². The summed E-state index contributed by atoms with van der Waals surface area (Å²) in [6.45, 7) is 5.04. The van der Waals surface area contributed by atoms with Gasteiger partial charge in [-0.05, 0) is 18.9 Å². The van der Waals surface area contributed by atoms with Gasteiger partial charge in [0.25, 0.3) is 0 Å². The van der Waals surface area contributed by atoms with Gasteiger partial charge in [0, 0.05) is 7.11 Å². The molecule has 9 heavy (non-hydrogen) atoms. The maximum atomic E-state index is 4.98. The van der Waals surface area contributed by atoms with Crippen molar-refractivity contribution in [2.45, 2.75) is 26.7 Å². The van der Waals surface area contributed by atoms with Crippen LogP contribution in [0.15, 0.2) is 11.6 Å². The highest BCUT2D eigenvalue weighted by atomic mass is 16.5. The van der Waals surface area contributed by atoms with E-state index in [0.717, 1.165) is 6.61 Å². The van der Waals surface area contributed by atoms with Gasteiger partial charge in [-0.3, -0.25) is 0 Å². The molecule has 0 unspecified atom stereocenters. The van der Waals surface area contributed by atoms with E-state index in [4.69, 9.17) is 4.74 Å². The van der Waals surface area contributed by atoms with Gasteiger partial charge in [-0.2, -0.15) is 0 Å². The Morgan fingerprint density at radius 2 is 2.22 bits per heavy atom. The summed E-state index contributed by atoms with van der Waals surface area (Å²) < 4.78 is 4.98. The molecule has 0 aliphatic heterocycles. The van der Waals surface area contributed by atoms with Crippen LogP contribution in [-0.2, 0) is 4.74 Å². The van der Waals surface area contributed by atoms with Crippen LogP contribution in [0.1, 0.15) is 26.7 Å².